The van der Waals surface area contributed by atoms with Crippen molar-refractivity contribution in [1.29, 1.82) is 0 Å². The van der Waals surface area contributed by atoms with Crippen molar-refractivity contribution >= 4 is 16.7 Å². The predicted octanol–water partition coefficient (Wildman–Crippen LogP) is 3.34. The highest BCUT2D eigenvalue weighted by molar-refractivity contribution is 5.92. The highest BCUT2D eigenvalue weighted by Gasteiger charge is 2.24. The second kappa shape index (κ2) is 6.91. The Morgan fingerprint density at radius 3 is 2.70 bits per heavy atom. The molecule has 1 aliphatic heterocycles. The average Bonchev–Trinajstić information content (AvgIpc) is 2.72. The van der Waals surface area contributed by atoms with Crippen LogP contribution in [0.5, 0.6) is 5.75 Å². The molecule has 0 N–H and O–H groups in total. The molecule has 5 heteroatoms. The topological polar surface area (TPSA) is 57.5 Å². The standard InChI is InChI=1S/C22H21NO4/c1-26-15-7-8-17-18(9-10-20(24)27-2)21-16-6-4-3-5-14(16)11-12-23(21)22(25)19(17)13-15/h3-8,13H,9-12H2,1-2H3. The lowest BCUT2D eigenvalue weighted by Crippen LogP contribution is -2.28. The van der Waals surface area contributed by atoms with Gasteiger partial charge in [-0.3, -0.25) is 9.59 Å². The number of aromatic nitrogens is 1. The summed E-state index contributed by atoms with van der Waals surface area (Å²) in [6, 6.07) is 13.7. The lowest BCUT2D eigenvalue weighted by molar-refractivity contribution is -0.140. The summed E-state index contributed by atoms with van der Waals surface area (Å²) in [5.74, 6) is 0.390. The largest absolute Gasteiger partial charge is 0.497 e. The van der Waals surface area contributed by atoms with Crippen molar-refractivity contribution in [3.8, 4) is 17.0 Å². The lowest BCUT2D eigenvalue weighted by atomic mass is 9.90. The van der Waals surface area contributed by atoms with Crippen LogP contribution in [0.15, 0.2) is 47.3 Å². The minimum Gasteiger partial charge on any atom is -0.497 e. The van der Waals surface area contributed by atoms with E-state index in [1.807, 2.05) is 28.8 Å². The van der Waals surface area contributed by atoms with E-state index in [1.54, 1.807) is 13.2 Å². The third-order valence-electron chi connectivity index (χ3n) is 5.27. The molecule has 0 radical (unpaired) electrons. The van der Waals surface area contributed by atoms with Crippen molar-refractivity contribution in [2.75, 3.05) is 14.2 Å². The first kappa shape index (κ1) is 17.3. The third-order valence-corrected chi connectivity index (χ3v) is 5.27. The van der Waals surface area contributed by atoms with Gasteiger partial charge in [0.2, 0.25) is 0 Å². The molecule has 5 nitrogen and oxygen atoms in total. The molecule has 0 atom stereocenters. The van der Waals surface area contributed by atoms with E-state index in [-0.39, 0.29) is 17.9 Å². The summed E-state index contributed by atoms with van der Waals surface area (Å²) in [6.45, 7) is 0.629. The Kier molecular flexibility index (Phi) is 4.44. The zero-order valence-corrected chi connectivity index (χ0v) is 15.5. The molecule has 0 unspecified atom stereocenters. The van der Waals surface area contributed by atoms with E-state index >= 15 is 0 Å². The smallest absolute Gasteiger partial charge is 0.305 e. The molecule has 3 aromatic rings. The van der Waals surface area contributed by atoms with Crippen molar-refractivity contribution in [3.05, 3.63) is 63.9 Å². The van der Waals surface area contributed by atoms with E-state index < -0.39 is 0 Å². The van der Waals surface area contributed by atoms with Gasteiger partial charge >= 0.3 is 5.97 Å². The number of aryl methyl sites for hydroxylation is 2. The van der Waals surface area contributed by atoms with Gasteiger partial charge < -0.3 is 14.0 Å². The number of carbonyl (C=O) groups is 1. The molecule has 1 aliphatic rings. The fourth-order valence-electron chi connectivity index (χ4n) is 3.93. The summed E-state index contributed by atoms with van der Waals surface area (Å²) in [7, 11) is 2.98. The van der Waals surface area contributed by atoms with Crippen molar-refractivity contribution in [2.45, 2.75) is 25.8 Å². The molecule has 4 rings (SSSR count). The van der Waals surface area contributed by atoms with Gasteiger partial charge in [-0.05, 0) is 41.5 Å². The summed E-state index contributed by atoms with van der Waals surface area (Å²) >= 11 is 0. The number of pyridine rings is 1. The van der Waals surface area contributed by atoms with E-state index in [0.29, 0.717) is 24.1 Å². The van der Waals surface area contributed by atoms with Crippen LogP contribution in [0.1, 0.15) is 17.5 Å². The van der Waals surface area contributed by atoms with Gasteiger partial charge in [-0.2, -0.15) is 0 Å². The van der Waals surface area contributed by atoms with E-state index in [9.17, 15) is 9.59 Å². The van der Waals surface area contributed by atoms with Crippen LogP contribution < -0.4 is 10.3 Å². The predicted molar refractivity (Wildman–Crippen MR) is 104 cm³/mol. The number of nitrogens with zero attached hydrogens (tertiary/aromatic N) is 1. The minimum absolute atomic E-state index is 0.0183. The monoisotopic (exact) mass is 363 g/mol. The Bertz CT molecular complexity index is 1100. The van der Waals surface area contributed by atoms with Gasteiger partial charge in [0.15, 0.2) is 0 Å². The zero-order chi connectivity index (χ0) is 19.0. The van der Waals surface area contributed by atoms with Gasteiger partial charge in [-0.1, -0.05) is 30.3 Å². The molecule has 0 saturated carbocycles. The summed E-state index contributed by atoms with van der Waals surface area (Å²) in [6.07, 6.45) is 1.60. The first-order valence-electron chi connectivity index (χ1n) is 9.02. The van der Waals surface area contributed by atoms with Crippen LogP contribution in [0.3, 0.4) is 0 Å². The first-order valence-corrected chi connectivity index (χ1v) is 9.02. The summed E-state index contributed by atoms with van der Waals surface area (Å²) in [4.78, 5) is 25.0. The van der Waals surface area contributed by atoms with Gasteiger partial charge in [0.1, 0.15) is 5.75 Å². The number of methoxy groups -OCH3 is 2. The maximum Gasteiger partial charge on any atom is 0.305 e. The molecular weight excluding hydrogens is 342 g/mol. The Morgan fingerprint density at radius 1 is 1.11 bits per heavy atom. The van der Waals surface area contributed by atoms with E-state index in [4.69, 9.17) is 9.47 Å². The number of hydrogen-bond donors (Lipinski definition) is 0. The van der Waals surface area contributed by atoms with Crippen LogP contribution in [0.2, 0.25) is 0 Å². The van der Waals surface area contributed by atoms with Gasteiger partial charge in [-0.15, -0.1) is 0 Å². The van der Waals surface area contributed by atoms with Crippen molar-refractivity contribution in [3.63, 3.8) is 0 Å². The maximum atomic E-state index is 13.2. The van der Waals surface area contributed by atoms with Gasteiger partial charge in [0.05, 0.1) is 25.3 Å². The van der Waals surface area contributed by atoms with Gasteiger partial charge in [-0.25, -0.2) is 0 Å². The SMILES string of the molecule is COC(=O)CCc1c2n(c(=O)c3cc(OC)ccc13)CCc1ccccc1-2. The minimum atomic E-state index is -0.259. The molecule has 2 aromatic carbocycles. The quantitative estimate of drug-likeness (QED) is 0.667. The average molecular weight is 363 g/mol. The number of esters is 1. The second-order valence-electron chi connectivity index (χ2n) is 6.68. The van der Waals surface area contributed by atoms with E-state index in [2.05, 4.69) is 12.1 Å². The molecule has 0 spiro atoms. The van der Waals surface area contributed by atoms with Crippen LogP contribution in [0.4, 0.5) is 0 Å². The summed E-state index contributed by atoms with van der Waals surface area (Å²) in [5, 5.41) is 1.49. The number of ether oxygens (including phenoxy) is 2. The Balaban J connectivity index is 2.03. The fourth-order valence-corrected chi connectivity index (χ4v) is 3.93. The van der Waals surface area contributed by atoms with E-state index in [0.717, 1.165) is 28.6 Å². The van der Waals surface area contributed by atoms with Crippen LogP contribution in [0, 0.1) is 0 Å². The number of rotatable bonds is 4. The van der Waals surface area contributed by atoms with Crippen LogP contribution in [0.25, 0.3) is 22.0 Å². The van der Waals surface area contributed by atoms with Gasteiger partial charge in [0, 0.05) is 18.5 Å². The molecular formula is C22H21NO4. The molecule has 0 aliphatic carbocycles. The lowest BCUT2D eigenvalue weighted by Gasteiger charge is -2.26. The summed E-state index contributed by atoms with van der Waals surface area (Å²) < 4.78 is 12.0. The highest BCUT2D eigenvalue weighted by Crippen LogP contribution is 2.35. The Hall–Kier alpha value is -3.08. The normalized spacial score (nSPS) is 12.4. The molecule has 2 heterocycles. The third kappa shape index (κ3) is 2.89. The Labute approximate surface area is 157 Å². The Morgan fingerprint density at radius 2 is 1.93 bits per heavy atom. The van der Waals surface area contributed by atoms with Crippen molar-refractivity contribution < 1.29 is 14.3 Å². The van der Waals surface area contributed by atoms with Crippen molar-refractivity contribution in [1.82, 2.24) is 4.57 Å². The molecule has 1 aromatic heterocycles. The van der Waals surface area contributed by atoms with E-state index in [1.165, 1.54) is 12.7 Å². The first-order chi connectivity index (χ1) is 13.1. The van der Waals surface area contributed by atoms with Crippen LogP contribution in [-0.2, 0) is 28.9 Å². The van der Waals surface area contributed by atoms with Gasteiger partial charge in [0.25, 0.3) is 5.56 Å². The van der Waals surface area contributed by atoms with Crippen LogP contribution >= 0.6 is 0 Å². The number of fused-ring (bicyclic) bond motifs is 4. The van der Waals surface area contributed by atoms with Crippen LogP contribution in [-0.4, -0.2) is 24.8 Å². The molecule has 138 valence electrons. The fraction of sp³-hybridized carbons (Fsp3) is 0.273. The summed E-state index contributed by atoms with van der Waals surface area (Å²) in [5.41, 5.74) is 4.20. The zero-order valence-electron chi connectivity index (χ0n) is 15.5. The molecule has 0 fully saturated rings. The van der Waals surface area contributed by atoms with Crippen molar-refractivity contribution in [2.24, 2.45) is 0 Å². The molecule has 0 amide bonds. The second-order valence-corrected chi connectivity index (χ2v) is 6.68. The number of carbonyl (C=O) groups excluding carboxylic acids is 1. The molecule has 0 bridgehead atoms. The molecule has 0 saturated heterocycles. The number of benzene rings is 2. The highest BCUT2D eigenvalue weighted by atomic mass is 16.5. The molecule has 27 heavy (non-hydrogen) atoms. The maximum absolute atomic E-state index is 13.2. The number of hydrogen-bond acceptors (Lipinski definition) is 4.